The fraction of sp³-hybridized carbons (Fsp3) is 0.0833. The van der Waals surface area contributed by atoms with Crippen molar-refractivity contribution in [3.8, 4) is 16.3 Å². The van der Waals surface area contributed by atoms with Crippen LogP contribution >= 0.6 is 11.3 Å². The van der Waals surface area contributed by atoms with Crippen molar-refractivity contribution < 1.29 is 4.74 Å². The van der Waals surface area contributed by atoms with Crippen molar-refractivity contribution in [1.29, 1.82) is 0 Å². The number of H-pyrrole nitrogens is 1. The first-order chi connectivity index (χ1) is 8.29. The molecule has 17 heavy (non-hydrogen) atoms. The Bertz CT molecular complexity index is 671. The number of methoxy groups -OCH3 is 1. The molecular weight excluding hydrogens is 234 g/mol. The minimum absolute atomic E-state index is 0.722. The molecule has 0 spiro atoms. The summed E-state index contributed by atoms with van der Waals surface area (Å²) in [5, 5.41) is 2.74. The number of ether oxygens (including phenoxy) is 1. The van der Waals surface area contributed by atoms with Gasteiger partial charge in [-0.15, -0.1) is 0 Å². The van der Waals surface area contributed by atoms with Gasteiger partial charge in [-0.1, -0.05) is 11.3 Å². The van der Waals surface area contributed by atoms with Crippen LogP contribution in [0.15, 0.2) is 30.6 Å². The Hall–Kier alpha value is -2.01. The second-order valence-electron chi connectivity index (χ2n) is 3.65. The van der Waals surface area contributed by atoms with Gasteiger partial charge in [0.2, 0.25) is 0 Å². The molecule has 2 aromatic heterocycles. The third-order valence-electron chi connectivity index (χ3n) is 2.66. The van der Waals surface area contributed by atoms with Crippen molar-refractivity contribution in [2.75, 3.05) is 12.8 Å². The highest BCUT2D eigenvalue weighted by Crippen LogP contribution is 2.35. The van der Waals surface area contributed by atoms with Crippen molar-refractivity contribution in [1.82, 2.24) is 9.97 Å². The van der Waals surface area contributed by atoms with Crippen molar-refractivity contribution in [2.45, 2.75) is 0 Å². The van der Waals surface area contributed by atoms with E-state index in [2.05, 4.69) is 9.97 Å². The number of hydrogen-bond donors (Lipinski definition) is 2. The maximum atomic E-state index is 5.71. The van der Waals surface area contributed by atoms with Crippen LogP contribution < -0.4 is 10.5 Å². The smallest absolute Gasteiger partial charge is 0.142 e. The van der Waals surface area contributed by atoms with Crippen LogP contribution in [0, 0.1) is 0 Å². The molecule has 0 aliphatic rings. The number of nitrogens with one attached hydrogen (secondary N) is 1. The van der Waals surface area contributed by atoms with Gasteiger partial charge in [-0.05, 0) is 18.2 Å². The second kappa shape index (κ2) is 3.78. The van der Waals surface area contributed by atoms with Gasteiger partial charge in [-0.2, -0.15) is 0 Å². The predicted molar refractivity (Wildman–Crippen MR) is 70.4 cm³/mol. The van der Waals surface area contributed by atoms with E-state index < -0.39 is 0 Å². The van der Waals surface area contributed by atoms with Crippen LogP contribution in [0.4, 0.5) is 5.00 Å². The van der Waals surface area contributed by atoms with Crippen LogP contribution in [0.25, 0.3) is 21.5 Å². The van der Waals surface area contributed by atoms with E-state index in [9.17, 15) is 0 Å². The van der Waals surface area contributed by atoms with E-state index >= 15 is 0 Å². The van der Waals surface area contributed by atoms with E-state index in [0.717, 1.165) is 32.2 Å². The lowest BCUT2D eigenvalue weighted by atomic mass is 10.1. The average Bonchev–Trinajstić information content (AvgIpc) is 2.96. The summed E-state index contributed by atoms with van der Waals surface area (Å²) in [5.41, 5.74) is 7.77. The highest BCUT2D eigenvalue weighted by atomic mass is 32.1. The summed E-state index contributed by atoms with van der Waals surface area (Å²) in [6.45, 7) is 0. The summed E-state index contributed by atoms with van der Waals surface area (Å²) in [7, 11) is 1.66. The molecule has 0 aliphatic heterocycles. The summed E-state index contributed by atoms with van der Waals surface area (Å²) in [6.07, 6.45) is 3.58. The monoisotopic (exact) mass is 245 g/mol. The molecule has 0 amide bonds. The van der Waals surface area contributed by atoms with E-state index in [1.807, 2.05) is 24.4 Å². The van der Waals surface area contributed by atoms with Crippen LogP contribution in [0.3, 0.4) is 0 Å². The molecule has 1 aromatic carbocycles. The molecule has 4 nitrogen and oxygen atoms in total. The summed E-state index contributed by atoms with van der Waals surface area (Å²) in [6, 6.07) is 5.96. The van der Waals surface area contributed by atoms with Gasteiger partial charge in [0.15, 0.2) is 0 Å². The topological polar surface area (TPSA) is 63.9 Å². The summed E-state index contributed by atoms with van der Waals surface area (Å²) < 4.78 is 5.31. The third kappa shape index (κ3) is 1.55. The number of rotatable bonds is 2. The number of hydrogen-bond acceptors (Lipinski definition) is 4. The van der Waals surface area contributed by atoms with Gasteiger partial charge in [-0.3, -0.25) is 0 Å². The lowest BCUT2D eigenvalue weighted by Gasteiger charge is -2.04. The Morgan fingerprint density at radius 2 is 2.24 bits per heavy atom. The SMILES string of the molecule is COc1ccc(-c2ncc(N)s2)c2cc[nH]c12. The predicted octanol–water partition coefficient (Wildman–Crippen LogP) is 2.88. The van der Waals surface area contributed by atoms with Crippen molar-refractivity contribution in [2.24, 2.45) is 0 Å². The molecule has 3 N–H and O–H groups in total. The lowest BCUT2D eigenvalue weighted by molar-refractivity contribution is 0.419. The first-order valence-electron chi connectivity index (χ1n) is 5.15. The van der Waals surface area contributed by atoms with Crippen molar-refractivity contribution in [3.63, 3.8) is 0 Å². The lowest BCUT2D eigenvalue weighted by Crippen LogP contribution is -1.85. The van der Waals surface area contributed by atoms with Gasteiger partial charge in [0, 0.05) is 17.1 Å². The van der Waals surface area contributed by atoms with Gasteiger partial charge >= 0.3 is 0 Å². The van der Waals surface area contributed by atoms with Crippen LogP contribution in [0.1, 0.15) is 0 Å². The maximum Gasteiger partial charge on any atom is 0.142 e. The van der Waals surface area contributed by atoms with E-state index in [1.54, 1.807) is 13.3 Å². The van der Waals surface area contributed by atoms with Gasteiger partial charge in [0.1, 0.15) is 15.8 Å². The van der Waals surface area contributed by atoms with E-state index in [0.29, 0.717) is 0 Å². The number of anilines is 1. The molecule has 0 aliphatic carbocycles. The normalized spacial score (nSPS) is 10.9. The molecule has 0 radical (unpaired) electrons. The Morgan fingerprint density at radius 1 is 1.35 bits per heavy atom. The highest BCUT2D eigenvalue weighted by Gasteiger charge is 2.11. The summed E-state index contributed by atoms with van der Waals surface area (Å²) in [4.78, 5) is 7.49. The molecule has 0 atom stereocenters. The molecular formula is C12H11N3OS. The van der Waals surface area contributed by atoms with Gasteiger partial charge in [-0.25, -0.2) is 4.98 Å². The molecule has 3 aromatic rings. The number of nitrogens with two attached hydrogens (primary N) is 1. The van der Waals surface area contributed by atoms with E-state index in [1.165, 1.54) is 11.3 Å². The van der Waals surface area contributed by atoms with E-state index in [-0.39, 0.29) is 0 Å². The minimum atomic E-state index is 0.722. The Morgan fingerprint density at radius 3 is 2.94 bits per heavy atom. The Labute approximate surface area is 102 Å². The molecule has 2 heterocycles. The maximum absolute atomic E-state index is 5.71. The number of aromatic nitrogens is 2. The Balaban J connectivity index is 2.27. The number of thiazole rings is 1. The average molecular weight is 245 g/mol. The zero-order valence-electron chi connectivity index (χ0n) is 9.23. The number of nitrogens with zero attached hydrogens (tertiary/aromatic N) is 1. The highest BCUT2D eigenvalue weighted by molar-refractivity contribution is 7.18. The quantitative estimate of drug-likeness (QED) is 0.729. The number of fused-ring (bicyclic) bond motifs is 1. The molecule has 86 valence electrons. The van der Waals surface area contributed by atoms with Crippen molar-refractivity contribution in [3.05, 3.63) is 30.6 Å². The molecule has 0 saturated carbocycles. The van der Waals surface area contributed by atoms with Crippen molar-refractivity contribution >= 4 is 27.2 Å². The third-order valence-corrected chi connectivity index (χ3v) is 3.52. The molecule has 3 rings (SSSR count). The first-order valence-corrected chi connectivity index (χ1v) is 5.97. The van der Waals surface area contributed by atoms with Crippen LogP contribution in [0.2, 0.25) is 0 Å². The minimum Gasteiger partial charge on any atom is -0.495 e. The molecule has 0 saturated heterocycles. The first kappa shape index (κ1) is 10.2. The number of nitrogen functional groups attached to an aromatic ring is 1. The van der Waals surface area contributed by atoms with Crippen LogP contribution in [0.5, 0.6) is 5.75 Å². The van der Waals surface area contributed by atoms with Gasteiger partial charge in [0.05, 0.1) is 18.8 Å². The molecule has 0 fully saturated rings. The van der Waals surface area contributed by atoms with Gasteiger partial charge < -0.3 is 15.5 Å². The van der Waals surface area contributed by atoms with E-state index in [4.69, 9.17) is 10.5 Å². The Kier molecular flexibility index (Phi) is 2.26. The zero-order valence-corrected chi connectivity index (χ0v) is 10.0. The summed E-state index contributed by atoms with van der Waals surface area (Å²) >= 11 is 1.48. The molecule has 0 unspecified atom stereocenters. The molecule has 0 bridgehead atoms. The van der Waals surface area contributed by atoms with Crippen LogP contribution in [-0.4, -0.2) is 17.1 Å². The fourth-order valence-electron chi connectivity index (χ4n) is 1.90. The largest absolute Gasteiger partial charge is 0.495 e. The van der Waals surface area contributed by atoms with Crippen LogP contribution in [-0.2, 0) is 0 Å². The summed E-state index contributed by atoms with van der Waals surface area (Å²) in [5.74, 6) is 0.832. The molecule has 5 heteroatoms. The fourth-order valence-corrected chi connectivity index (χ4v) is 2.62. The number of benzene rings is 1. The van der Waals surface area contributed by atoms with Gasteiger partial charge in [0.25, 0.3) is 0 Å². The second-order valence-corrected chi connectivity index (χ2v) is 4.71. The zero-order chi connectivity index (χ0) is 11.8. The number of aromatic amines is 1. The standard InChI is InChI=1S/C12H11N3OS/c1-16-9-3-2-8(7-4-5-14-11(7)9)12-15-6-10(13)17-12/h2-6,14H,13H2,1H3.